The number of hydrogen-bond acceptors (Lipinski definition) is 19. The summed E-state index contributed by atoms with van der Waals surface area (Å²) in [6, 6.07) is 20.6. The first kappa shape index (κ1) is 55.3. The summed E-state index contributed by atoms with van der Waals surface area (Å²) < 4.78 is 65.6. The van der Waals surface area contributed by atoms with Gasteiger partial charge in [0, 0.05) is 53.0 Å². The summed E-state index contributed by atoms with van der Waals surface area (Å²) >= 11 is 0. The van der Waals surface area contributed by atoms with Crippen LogP contribution in [0.25, 0.3) is 22.3 Å². The molecule has 1 aliphatic carbocycles. The lowest BCUT2D eigenvalue weighted by Gasteiger charge is -2.39. The van der Waals surface area contributed by atoms with E-state index in [2.05, 4.69) is 4.90 Å². The average molecular weight is 1160 g/mol. The summed E-state index contributed by atoms with van der Waals surface area (Å²) in [5, 5.41) is 0.798. The van der Waals surface area contributed by atoms with E-state index in [1.165, 1.54) is 64.9 Å². The molecule has 3 saturated heterocycles. The molecule has 0 radical (unpaired) electrons. The Morgan fingerprint density at radius 3 is 2.18 bits per heavy atom. The van der Waals surface area contributed by atoms with Crippen LogP contribution < -0.4 is 38.7 Å². The van der Waals surface area contributed by atoms with Crippen LogP contribution in [-0.4, -0.2) is 123 Å². The molecule has 6 aliphatic heterocycles. The standard InChI is InChI=1S/C64H64N4O17/c1-6-39-40-25-38(83-63(74)67-21-17-36(18-22-67)66-19-9-8-10-20-66)15-16-47(40)65-56-43(39)29-68-48(56)28-46-44(59(68)70)30-80-62(73)64(46,7-2)85-53(69)32-78-37-13-11-34(12-14-37)60(71)84-57-42-27-50-49(81-33-82-50)26-41(42)54(55-45(57)31-79-61(55)72)35-23-51(75-3)58(77-5)52(24-35)76-4/h11-16,23-28,36,45,54-55,57H,6-10,17-22,29-33H2,1-5H3/t45-,54?,55+,57?,64?/m1/s1. The smallest absolute Gasteiger partial charge is 0.415 e. The number of rotatable bonds is 14. The molecule has 0 spiro atoms. The fourth-order valence-corrected chi connectivity index (χ4v) is 13.8. The van der Waals surface area contributed by atoms with Crippen molar-refractivity contribution in [2.45, 2.75) is 95.6 Å². The van der Waals surface area contributed by atoms with Crippen molar-refractivity contribution in [1.82, 2.24) is 19.4 Å². The molecule has 85 heavy (non-hydrogen) atoms. The number of pyridine rings is 2. The molecular weight excluding hydrogens is 1100 g/mol. The van der Waals surface area contributed by atoms with Crippen LogP contribution in [0.3, 0.4) is 0 Å². The zero-order valence-electron chi connectivity index (χ0n) is 47.9. The monoisotopic (exact) mass is 1160 g/mol. The summed E-state index contributed by atoms with van der Waals surface area (Å²) in [6.45, 7) is 6.40. The molecule has 0 saturated carbocycles. The van der Waals surface area contributed by atoms with Crippen LogP contribution in [0.1, 0.15) is 114 Å². The number of ether oxygens (including phenoxy) is 11. The molecule has 3 fully saturated rings. The maximum Gasteiger partial charge on any atom is 0.415 e. The number of nitrogens with zero attached hydrogens (tertiary/aromatic N) is 4. The molecule has 4 aromatic carbocycles. The van der Waals surface area contributed by atoms with E-state index < -0.39 is 65.5 Å². The maximum atomic E-state index is 14.5. The van der Waals surface area contributed by atoms with E-state index in [9.17, 15) is 28.8 Å². The molecule has 21 nitrogen and oxygen atoms in total. The maximum absolute atomic E-state index is 14.5. The largest absolute Gasteiger partial charge is 0.493 e. The third kappa shape index (κ3) is 9.55. The van der Waals surface area contributed by atoms with E-state index in [0.717, 1.165) is 42.4 Å². The summed E-state index contributed by atoms with van der Waals surface area (Å²) in [4.78, 5) is 93.1. The molecule has 7 aliphatic rings. The number of cyclic esters (lactones) is 2. The van der Waals surface area contributed by atoms with Gasteiger partial charge in [-0.25, -0.2) is 24.2 Å². The Hall–Kier alpha value is -8.85. The van der Waals surface area contributed by atoms with Gasteiger partial charge in [0.2, 0.25) is 18.1 Å². The normalized spacial score (nSPS) is 22.0. The van der Waals surface area contributed by atoms with Gasteiger partial charge >= 0.3 is 30.0 Å². The van der Waals surface area contributed by atoms with Crippen molar-refractivity contribution in [3.05, 3.63) is 128 Å². The minimum absolute atomic E-state index is 0.0170. The molecule has 21 heteroatoms. The molecule has 8 heterocycles. The third-order valence-corrected chi connectivity index (χ3v) is 18.1. The fourth-order valence-electron chi connectivity index (χ4n) is 13.8. The number of esters is 4. The zero-order valence-corrected chi connectivity index (χ0v) is 47.9. The van der Waals surface area contributed by atoms with Gasteiger partial charge in [-0.15, -0.1) is 0 Å². The first-order valence-electron chi connectivity index (χ1n) is 29.0. The van der Waals surface area contributed by atoms with Crippen molar-refractivity contribution >= 4 is 40.9 Å². The molecular formula is C64H64N4O17. The lowest BCUT2D eigenvalue weighted by molar-refractivity contribution is -0.190. The van der Waals surface area contributed by atoms with Crippen molar-refractivity contribution in [2.24, 2.45) is 11.8 Å². The van der Waals surface area contributed by atoms with Gasteiger partial charge in [0.25, 0.3) is 5.56 Å². The number of methoxy groups -OCH3 is 3. The minimum atomic E-state index is -2.00. The molecule has 0 bridgehead atoms. The second-order valence-electron chi connectivity index (χ2n) is 22.4. The Labute approximate surface area is 488 Å². The molecule has 442 valence electrons. The number of amides is 1. The second-order valence-corrected chi connectivity index (χ2v) is 22.4. The Morgan fingerprint density at radius 1 is 0.765 bits per heavy atom. The molecule has 5 atom stereocenters. The van der Waals surface area contributed by atoms with E-state index in [-0.39, 0.29) is 61.5 Å². The molecule has 1 amide bonds. The minimum Gasteiger partial charge on any atom is -0.493 e. The number of fused-ring (bicyclic) bond motifs is 8. The van der Waals surface area contributed by atoms with Crippen LogP contribution in [0, 0.1) is 11.8 Å². The van der Waals surface area contributed by atoms with Crippen LogP contribution in [0.15, 0.2) is 77.6 Å². The van der Waals surface area contributed by atoms with Gasteiger partial charge in [-0.3, -0.25) is 9.59 Å². The van der Waals surface area contributed by atoms with Crippen LogP contribution in [0.4, 0.5) is 4.79 Å². The van der Waals surface area contributed by atoms with Crippen molar-refractivity contribution < 1.29 is 76.1 Å². The van der Waals surface area contributed by atoms with Crippen LogP contribution in [0.5, 0.6) is 40.2 Å². The number of carbonyl (C=O) groups excluding carboxylic acids is 5. The van der Waals surface area contributed by atoms with E-state index in [1.54, 1.807) is 58.9 Å². The number of hydrogen-bond donors (Lipinski definition) is 0. The topological polar surface area (TPSA) is 228 Å². The first-order valence-corrected chi connectivity index (χ1v) is 29.0. The van der Waals surface area contributed by atoms with Gasteiger partial charge in [-0.05, 0) is 141 Å². The lowest BCUT2D eigenvalue weighted by atomic mass is 9.66. The highest BCUT2D eigenvalue weighted by Crippen LogP contribution is 2.57. The number of piperidine rings is 2. The number of benzene rings is 4. The summed E-state index contributed by atoms with van der Waals surface area (Å²) in [5.74, 6) is -2.25. The number of aromatic nitrogens is 2. The Kier molecular flexibility index (Phi) is 14.5. The van der Waals surface area contributed by atoms with Crippen molar-refractivity contribution in [1.29, 1.82) is 0 Å². The van der Waals surface area contributed by atoms with Gasteiger partial charge in [-0.2, -0.15) is 0 Å². The highest BCUT2D eigenvalue weighted by Gasteiger charge is 2.55. The predicted molar refractivity (Wildman–Crippen MR) is 302 cm³/mol. The highest BCUT2D eigenvalue weighted by molar-refractivity contribution is 5.92. The van der Waals surface area contributed by atoms with Crippen molar-refractivity contribution in [3.63, 3.8) is 0 Å². The van der Waals surface area contributed by atoms with Gasteiger partial charge in [0.1, 0.15) is 24.2 Å². The second kappa shape index (κ2) is 22.3. The molecule has 0 N–H and O–H groups in total. The molecule has 3 unspecified atom stereocenters. The van der Waals surface area contributed by atoms with Gasteiger partial charge < -0.3 is 66.5 Å². The Morgan fingerprint density at radius 2 is 1.48 bits per heavy atom. The van der Waals surface area contributed by atoms with Gasteiger partial charge in [-0.1, -0.05) is 20.3 Å². The van der Waals surface area contributed by atoms with Gasteiger partial charge in [0.15, 0.2) is 29.6 Å². The summed E-state index contributed by atoms with van der Waals surface area (Å²) in [6.07, 6.45) is 4.77. The third-order valence-electron chi connectivity index (χ3n) is 18.1. The molecule has 6 aromatic rings. The van der Waals surface area contributed by atoms with Crippen LogP contribution in [0.2, 0.25) is 0 Å². The Bertz CT molecular complexity index is 3750. The molecule has 2 aromatic heterocycles. The quantitative estimate of drug-likeness (QED) is 0.0736. The highest BCUT2D eigenvalue weighted by atomic mass is 16.7. The van der Waals surface area contributed by atoms with E-state index >= 15 is 0 Å². The fraction of sp³-hybridized carbons (Fsp3) is 0.422. The average Bonchev–Trinajstić information content (AvgIpc) is 2.90. The van der Waals surface area contributed by atoms with E-state index in [0.29, 0.717) is 93.6 Å². The first-order chi connectivity index (χ1) is 41.3. The van der Waals surface area contributed by atoms with Crippen molar-refractivity contribution in [3.8, 4) is 51.6 Å². The van der Waals surface area contributed by atoms with Crippen LogP contribution >= 0.6 is 0 Å². The van der Waals surface area contributed by atoms with Gasteiger partial charge in [0.05, 0.1) is 68.4 Å². The predicted octanol–water partition coefficient (Wildman–Crippen LogP) is 8.31. The zero-order chi connectivity index (χ0) is 58.8. The van der Waals surface area contributed by atoms with Crippen LogP contribution in [-0.2, 0) is 58.5 Å². The SMILES string of the molecule is CCc1c2c(nc3ccc(OC(=O)N4CCC(N5CCCCC5)CC4)cc13)-c1cc3c(c(=O)n1C2)COC(=O)C3(CC)OC(=O)COc1ccc(C(=O)OC2c3cc4c(cc3C(c3cc(OC)c(OC)c(OC)c3)[C@H]3C(=O)OC[C@@H]23)OCO4)cc1. The Balaban J connectivity index is 0.704. The number of aryl methyl sites for hydroxylation is 1. The summed E-state index contributed by atoms with van der Waals surface area (Å²) in [5.41, 5.74) is 3.46. The number of carbonyl (C=O) groups is 5. The molecule has 13 rings (SSSR count). The number of likely N-dealkylation sites (tertiary alicyclic amines) is 2. The van der Waals surface area contributed by atoms with Crippen molar-refractivity contribution in [2.75, 3.05) is 67.5 Å². The lowest BCUT2D eigenvalue weighted by Crippen LogP contribution is -2.48. The van der Waals surface area contributed by atoms with E-state index in [1.807, 2.05) is 13.0 Å². The summed E-state index contributed by atoms with van der Waals surface area (Å²) in [7, 11) is 4.52. The van der Waals surface area contributed by atoms with E-state index in [4.69, 9.17) is 57.1 Å².